The van der Waals surface area contributed by atoms with Gasteiger partial charge in [-0.15, -0.1) is 0 Å². The summed E-state index contributed by atoms with van der Waals surface area (Å²) < 4.78 is 20.4. The van der Waals surface area contributed by atoms with E-state index in [-0.39, 0.29) is 12.5 Å². The highest BCUT2D eigenvalue weighted by atomic mass is 16.5. The fourth-order valence-corrected chi connectivity index (χ4v) is 2.08. The van der Waals surface area contributed by atoms with Crippen LogP contribution in [0, 0.1) is 6.92 Å². The molecule has 1 aromatic carbocycles. The highest BCUT2D eigenvalue weighted by molar-refractivity contribution is 5.82. The molecule has 0 aliphatic heterocycles. The van der Waals surface area contributed by atoms with Crippen LogP contribution in [0.1, 0.15) is 24.0 Å². The molecule has 1 rings (SSSR count). The van der Waals surface area contributed by atoms with Gasteiger partial charge in [0.05, 0.1) is 21.3 Å². The van der Waals surface area contributed by atoms with E-state index in [1.165, 1.54) is 20.1 Å². The maximum atomic E-state index is 11.3. The van der Waals surface area contributed by atoms with Gasteiger partial charge in [-0.3, -0.25) is 4.79 Å². The van der Waals surface area contributed by atoms with E-state index in [0.29, 0.717) is 11.5 Å². The molecule has 0 saturated heterocycles. The number of carbonyl (C=O) groups excluding carboxylic acids is 2. The Morgan fingerprint density at radius 2 is 1.78 bits per heavy atom. The summed E-state index contributed by atoms with van der Waals surface area (Å²) in [5, 5.41) is 0. The van der Waals surface area contributed by atoms with Crippen molar-refractivity contribution in [3.8, 4) is 11.5 Å². The first-order valence-electron chi connectivity index (χ1n) is 7.05. The lowest BCUT2D eigenvalue weighted by Crippen LogP contribution is -2.11. The molecule has 126 valence electrons. The van der Waals surface area contributed by atoms with E-state index in [1.54, 1.807) is 20.3 Å². The summed E-state index contributed by atoms with van der Waals surface area (Å²) in [5.41, 5.74) is 1.66. The van der Waals surface area contributed by atoms with Gasteiger partial charge < -0.3 is 18.9 Å². The van der Waals surface area contributed by atoms with Crippen LogP contribution in [0.5, 0.6) is 11.5 Å². The molecule has 0 spiro atoms. The van der Waals surface area contributed by atoms with Gasteiger partial charge in [0.15, 0.2) is 0 Å². The summed E-state index contributed by atoms with van der Waals surface area (Å²) in [7, 11) is 4.42. The molecule has 0 N–H and O–H groups in total. The van der Waals surface area contributed by atoms with Crippen LogP contribution >= 0.6 is 0 Å². The summed E-state index contributed by atoms with van der Waals surface area (Å²) in [6.07, 6.45) is 2.90. The first-order valence-corrected chi connectivity index (χ1v) is 7.05. The lowest BCUT2D eigenvalue weighted by molar-refractivity contribution is -0.141. The van der Waals surface area contributed by atoms with E-state index in [4.69, 9.17) is 14.2 Å². The SMILES string of the molecule is COC(=O)/C=C/[C@H](COC(C)=O)c1cc(OC)c(C)cc1OC. The molecule has 23 heavy (non-hydrogen) atoms. The second-order valence-electron chi connectivity index (χ2n) is 4.86. The van der Waals surface area contributed by atoms with Crippen LogP contribution in [0.2, 0.25) is 0 Å². The van der Waals surface area contributed by atoms with Gasteiger partial charge in [0, 0.05) is 24.5 Å². The maximum absolute atomic E-state index is 11.3. The number of hydrogen-bond donors (Lipinski definition) is 0. The molecule has 1 aromatic rings. The number of ether oxygens (including phenoxy) is 4. The lowest BCUT2D eigenvalue weighted by atomic mass is 9.96. The Morgan fingerprint density at radius 3 is 2.30 bits per heavy atom. The number of esters is 2. The first-order chi connectivity index (χ1) is 10.9. The molecule has 0 bridgehead atoms. The summed E-state index contributed by atoms with van der Waals surface area (Å²) in [6.45, 7) is 3.30. The number of benzene rings is 1. The normalized spacial score (nSPS) is 11.9. The van der Waals surface area contributed by atoms with Crippen molar-refractivity contribution in [2.45, 2.75) is 19.8 Å². The van der Waals surface area contributed by atoms with Gasteiger partial charge in [-0.05, 0) is 24.6 Å². The van der Waals surface area contributed by atoms with Gasteiger partial charge in [-0.2, -0.15) is 0 Å². The zero-order chi connectivity index (χ0) is 17.4. The van der Waals surface area contributed by atoms with Crippen molar-refractivity contribution in [2.75, 3.05) is 27.9 Å². The molecule has 0 saturated carbocycles. The zero-order valence-corrected chi connectivity index (χ0v) is 14.0. The molecular formula is C17H22O6. The Bertz CT molecular complexity index is 591. The first kappa shape index (κ1) is 18.5. The predicted octanol–water partition coefficient (Wildman–Crippen LogP) is 2.39. The van der Waals surface area contributed by atoms with Crippen LogP contribution in [-0.2, 0) is 19.1 Å². The topological polar surface area (TPSA) is 71.1 Å². The van der Waals surface area contributed by atoms with Gasteiger partial charge in [0.25, 0.3) is 0 Å². The van der Waals surface area contributed by atoms with Crippen LogP contribution in [0.15, 0.2) is 24.3 Å². The van der Waals surface area contributed by atoms with Crippen molar-refractivity contribution in [3.63, 3.8) is 0 Å². The standard InChI is InChI=1S/C17H22O6/c1-11-8-16(21-4)14(9-15(11)20-3)13(10-23-12(2)18)6-7-17(19)22-5/h6-9,13H,10H2,1-5H3/b7-6+/t13-/m1/s1. The third-order valence-corrected chi connectivity index (χ3v) is 3.28. The number of carbonyl (C=O) groups is 2. The van der Waals surface area contributed by atoms with E-state index >= 15 is 0 Å². The summed E-state index contributed by atoms with van der Waals surface area (Å²) in [4.78, 5) is 22.5. The third kappa shape index (κ3) is 5.32. The van der Waals surface area contributed by atoms with E-state index in [1.807, 2.05) is 19.1 Å². The van der Waals surface area contributed by atoms with Crippen LogP contribution in [0.4, 0.5) is 0 Å². The minimum atomic E-state index is -0.490. The monoisotopic (exact) mass is 322 g/mol. The molecule has 6 heteroatoms. The number of hydrogen-bond acceptors (Lipinski definition) is 6. The Labute approximate surface area is 136 Å². The molecule has 6 nitrogen and oxygen atoms in total. The van der Waals surface area contributed by atoms with Crippen molar-refractivity contribution in [1.82, 2.24) is 0 Å². The molecule has 0 unspecified atom stereocenters. The molecule has 0 radical (unpaired) electrons. The summed E-state index contributed by atoms with van der Waals surface area (Å²) in [6, 6.07) is 3.64. The highest BCUT2D eigenvalue weighted by Gasteiger charge is 2.18. The molecule has 1 atom stereocenters. The van der Waals surface area contributed by atoms with Crippen LogP contribution in [-0.4, -0.2) is 39.9 Å². The number of aryl methyl sites for hydroxylation is 1. The van der Waals surface area contributed by atoms with Crippen molar-refractivity contribution in [1.29, 1.82) is 0 Å². The van der Waals surface area contributed by atoms with Gasteiger partial charge >= 0.3 is 11.9 Å². The maximum Gasteiger partial charge on any atom is 0.330 e. The highest BCUT2D eigenvalue weighted by Crippen LogP contribution is 2.34. The van der Waals surface area contributed by atoms with Crippen LogP contribution in [0.3, 0.4) is 0 Å². The molecule has 0 fully saturated rings. The predicted molar refractivity (Wildman–Crippen MR) is 84.8 cm³/mol. The van der Waals surface area contributed by atoms with Gasteiger partial charge in [-0.1, -0.05) is 6.08 Å². The lowest BCUT2D eigenvalue weighted by Gasteiger charge is -2.19. The average Bonchev–Trinajstić information content (AvgIpc) is 2.54. The second kappa shape index (κ2) is 8.82. The van der Waals surface area contributed by atoms with Crippen molar-refractivity contribution >= 4 is 11.9 Å². The molecule has 0 aliphatic rings. The van der Waals surface area contributed by atoms with E-state index < -0.39 is 11.9 Å². The second-order valence-corrected chi connectivity index (χ2v) is 4.86. The number of rotatable bonds is 7. The van der Waals surface area contributed by atoms with E-state index in [2.05, 4.69) is 4.74 Å². The van der Waals surface area contributed by atoms with Gasteiger partial charge in [0.1, 0.15) is 18.1 Å². The van der Waals surface area contributed by atoms with Crippen molar-refractivity contribution < 1.29 is 28.5 Å². The summed E-state index contributed by atoms with van der Waals surface area (Å²) in [5.74, 6) is 0.0351. The van der Waals surface area contributed by atoms with Crippen molar-refractivity contribution in [3.05, 3.63) is 35.4 Å². The largest absolute Gasteiger partial charge is 0.496 e. The average molecular weight is 322 g/mol. The Hall–Kier alpha value is -2.50. The summed E-state index contributed by atoms with van der Waals surface area (Å²) >= 11 is 0. The Kier molecular flexibility index (Phi) is 7.12. The van der Waals surface area contributed by atoms with Gasteiger partial charge in [0.2, 0.25) is 0 Å². The van der Waals surface area contributed by atoms with Crippen molar-refractivity contribution in [2.24, 2.45) is 0 Å². The molecule has 0 aliphatic carbocycles. The van der Waals surface area contributed by atoms with E-state index in [0.717, 1.165) is 11.1 Å². The van der Waals surface area contributed by atoms with E-state index in [9.17, 15) is 9.59 Å². The molecular weight excluding hydrogens is 300 g/mol. The fourth-order valence-electron chi connectivity index (χ4n) is 2.08. The van der Waals surface area contributed by atoms with Crippen LogP contribution in [0.25, 0.3) is 0 Å². The molecule has 0 amide bonds. The minimum absolute atomic E-state index is 0.0748. The minimum Gasteiger partial charge on any atom is -0.496 e. The zero-order valence-electron chi connectivity index (χ0n) is 14.0. The van der Waals surface area contributed by atoms with Gasteiger partial charge in [-0.25, -0.2) is 4.79 Å². The fraction of sp³-hybridized carbons (Fsp3) is 0.412. The molecule has 0 aromatic heterocycles. The van der Waals surface area contributed by atoms with Crippen LogP contribution < -0.4 is 9.47 Å². The Balaban J connectivity index is 3.25. The molecule has 0 heterocycles. The smallest absolute Gasteiger partial charge is 0.330 e. The Morgan fingerprint density at radius 1 is 1.13 bits per heavy atom. The quantitative estimate of drug-likeness (QED) is 0.567. The number of methoxy groups -OCH3 is 3. The third-order valence-electron chi connectivity index (χ3n) is 3.28.